The lowest BCUT2D eigenvalue weighted by Gasteiger charge is -2.04. The average molecular weight is 292 g/mol. The molecular formula is C11H12N6O2S. The summed E-state index contributed by atoms with van der Waals surface area (Å²) in [5.74, 6) is 0.442. The van der Waals surface area contributed by atoms with E-state index in [1.54, 1.807) is 18.2 Å². The molecule has 20 heavy (non-hydrogen) atoms. The van der Waals surface area contributed by atoms with Gasteiger partial charge in [-0.2, -0.15) is 5.10 Å². The zero-order valence-electron chi connectivity index (χ0n) is 10.3. The molecule has 2 heterocycles. The van der Waals surface area contributed by atoms with Gasteiger partial charge in [-0.1, -0.05) is 0 Å². The van der Waals surface area contributed by atoms with Crippen molar-refractivity contribution in [3.63, 3.8) is 0 Å². The van der Waals surface area contributed by atoms with Crippen molar-refractivity contribution in [2.24, 2.45) is 0 Å². The van der Waals surface area contributed by atoms with Gasteiger partial charge in [0.25, 0.3) is 0 Å². The van der Waals surface area contributed by atoms with E-state index in [-0.39, 0.29) is 11.4 Å². The Hall–Kier alpha value is -2.39. The minimum atomic E-state index is -3.64. The standard InChI is InChI=1S/C11H12N6O2S/c12-7-1-2-8-9(3-7)13-4-10(8)20(18,19)16-5-11-14-6-15-17-11/h1-4,6,13,16H,5,12H2,(H,14,15,17). The maximum atomic E-state index is 12.3. The monoisotopic (exact) mass is 292 g/mol. The fourth-order valence-electron chi connectivity index (χ4n) is 1.90. The number of nitrogens with zero attached hydrogens (tertiary/aromatic N) is 2. The SMILES string of the molecule is Nc1ccc2c(S(=O)(=O)NCc3ncn[nH]3)c[nH]c2c1. The van der Waals surface area contributed by atoms with Crippen LogP contribution in [0.3, 0.4) is 0 Å². The van der Waals surface area contributed by atoms with Crippen LogP contribution in [-0.2, 0) is 16.6 Å². The smallest absolute Gasteiger partial charge is 0.243 e. The van der Waals surface area contributed by atoms with Crippen LogP contribution in [0.5, 0.6) is 0 Å². The Kier molecular flexibility index (Phi) is 2.92. The van der Waals surface area contributed by atoms with Crippen molar-refractivity contribution in [1.29, 1.82) is 0 Å². The molecule has 0 fully saturated rings. The molecule has 0 bridgehead atoms. The van der Waals surface area contributed by atoms with Gasteiger partial charge in [-0.3, -0.25) is 5.10 Å². The van der Waals surface area contributed by atoms with E-state index in [2.05, 4.69) is 24.9 Å². The first kappa shape index (κ1) is 12.6. The molecule has 0 aliphatic rings. The van der Waals surface area contributed by atoms with Crippen molar-refractivity contribution in [2.75, 3.05) is 5.73 Å². The van der Waals surface area contributed by atoms with Crippen LogP contribution in [0.2, 0.25) is 0 Å². The molecule has 0 saturated carbocycles. The molecule has 2 aromatic heterocycles. The predicted molar refractivity (Wildman–Crippen MR) is 73.1 cm³/mol. The van der Waals surface area contributed by atoms with Crippen LogP contribution in [0.15, 0.2) is 35.6 Å². The van der Waals surface area contributed by atoms with Gasteiger partial charge in [-0.15, -0.1) is 0 Å². The van der Waals surface area contributed by atoms with Crippen molar-refractivity contribution in [3.05, 3.63) is 36.5 Å². The van der Waals surface area contributed by atoms with Gasteiger partial charge in [-0.25, -0.2) is 18.1 Å². The van der Waals surface area contributed by atoms with Gasteiger partial charge >= 0.3 is 0 Å². The Morgan fingerprint density at radius 1 is 1.35 bits per heavy atom. The van der Waals surface area contributed by atoms with Gasteiger partial charge in [0.05, 0.1) is 6.54 Å². The number of aromatic amines is 2. The van der Waals surface area contributed by atoms with Gasteiger partial charge in [0.15, 0.2) is 0 Å². The number of hydrogen-bond donors (Lipinski definition) is 4. The molecule has 1 aromatic carbocycles. The van der Waals surface area contributed by atoms with Crippen molar-refractivity contribution < 1.29 is 8.42 Å². The number of nitrogens with one attached hydrogen (secondary N) is 3. The number of nitrogens with two attached hydrogens (primary N) is 1. The van der Waals surface area contributed by atoms with Crippen LogP contribution in [0.1, 0.15) is 5.82 Å². The summed E-state index contributed by atoms with van der Waals surface area (Å²) in [4.78, 5) is 6.92. The summed E-state index contributed by atoms with van der Waals surface area (Å²) in [5, 5.41) is 6.83. The third kappa shape index (κ3) is 2.24. The third-order valence-electron chi connectivity index (χ3n) is 2.85. The highest BCUT2D eigenvalue weighted by molar-refractivity contribution is 7.89. The predicted octanol–water partition coefficient (Wildman–Crippen LogP) is 0.347. The Labute approximate surface area is 114 Å². The summed E-state index contributed by atoms with van der Waals surface area (Å²) in [5.41, 5.74) is 6.90. The molecule has 0 radical (unpaired) electrons. The van der Waals surface area contributed by atoms with Crippen molar-refractivity contribution in [1.82, 2.24) is 24.9 Å². The third-order valence-corrected chi connectivity index (χ3v) is 4.29. The van der Waals surface area contributed by atoms with Gasteiger partial charge in [-0.05, 0) is 18.2 Å². The first-order valence-corrected chi connectivity index (χ1v) is 7.25. The quantitative estimate of drug-likeness (QED) is 0.515. The summed E-state index contributed by atoms with van der Waals surface area (Å²) in [6, 6.07) is 5.01. The maximum absolute atomic E-state index is 12.3. The number of aromatic nitrogens is 4. The molecule has 0 saturated heterocycles. The molecule has 0 amide bonds. The van der Waals surface area contributed by atoms with Gasteiger partial charge in [0.2, 0.25) is 10.0 Å². The minimum Gasteiger partial charge on any atom is -0.399 e. The van der Waals surface area contributed by atoms with Crippen molar-refractivity contribution >= 4 is 26.6 Å². The Morgan fingerprint density at radius 3 is 2.95 bits per heavy atom. The highest BCUT2D eigenvalue weighted by Crippen LogP contribution is 2.24. The molecule has 104 valence electrons. The van der Waals surface area contributed by atoms with E-state index in [9.17, 15) is 8.42 Å². The van der Waals surface area contributed by atoms with E-state index >= 15 is 0 Å². The van der Waals surface area contributed by atoms with E-state index < -0.39 is 10.0 Å². The lowest BCUT2D eigenvalue weighted by atomic mass is 10.2. The molecule has 0 aliphatic heterocycles. The van der Waals surface area contributed by atoms with Crippen LogP contribution in [0, 0.1) is 0 Å². The Balaban J connectivity index is 1.93. The highest BCUT2D eigenvalue weighted by Gasteiger charge is 2.19. The van der Waals surface area contributed by atoms with E-state index in [1.807, 2.05) is 0 Å². The molecule has 3 rings (SSSR count). The summed E-state index contributed by atoms with van der Waals surface area (Å²) in [6.07, 6.45) is 2.75. The number of anilines is 1. The zero-order chi connectivity index (χ0) is 14.2. The van der Waals surface area contributed by atoms with Crippen LogP contribution >= 0.6 is 0 Å². The van der Waals surface area contributed by atoms with Gasteiger partial charge < -0.3 is 10.7 Å². The molecule has 0 spiro atoms. The molecule has 3 aromatic rings. The topological polar surface area (TPSA) is 130 Å². The summed E-state index contributed by atoms with van der Waals surface area (Å²) >= 11 is 0. The van der Waals surface area contributed by atoms with Crippen molar-refractivity contribution in [3.8, 4) is 0 Å². The molecule has 0 atom stereocenters. The molecule has 9 heteroatoms. The van der Waals surface area contributed by atoms with Gasteiger partial charge in [0.1, 0.15) is 17.0 Å². The van der Waals surface area contributed by atoms with Crippen LogP contribution in [0.4, 0.5) is 5.69 Å². The number of fused-ring (bicyclic) bond motifs is 1. The van der Waals surface area contributed by atoms with Crippen molar-refractivity contribution in [2.45, 2.75) is 11.4 Å². The maximum Gasteiger partial charge on any atom is 0.243 e. The summed E-state index contributed by atoms with van der Waals surface area (Å²) in [7, 11) is -3.64. The normalized spacial score (nSPS) is 12.0. The number of sulfonamides is 1. The summed E-state index contributed by atoms with van der Waals surface area (Å²) < 4.78 is 27.0. The number of benzene rings is 1. The van der Waals surface area contributed by atoms with Crippen LogP contribution in [0.25, 0.3) is 10.9 Å². The minimum absolute atomic E-state index is 0.0456. The van der Waals surface area contributed by atoms with E-state index in [0.29, 0.717) is 22.4 Å². The average Bonchev–Trinajstić information content (AvgIpc) is 3.05. The van der Waals surface area contributed by atoms with Gasteiger partial charge in [0, 0.05) is 22.8 Å². The largest absolute Gasteiger partial charge is 0.399 e. The lowest BCUT2D eigenvalue weighted by molar-refractivity contribution is 0.580. The fourth-order valence-corrected chi connectivity index (χ4v) is 3.06. The Morgan fingerprint density at radius 2 is 2.20 bits per heavy atom. The second-order valence-corrected chi connectivity index (χ2v) is 5.95. The van der Waals surface area contributed by atoms with E-state index in [0.717, 1.165) is 0 Å². The number of H-pyrrole nitrogens is 2. The second kappa shape index (κ2) is 4.62. The number of rotatable bonds is 4. The second-order valence-electron chi connectivity index (χ2n) is 4.21. The number of nitrogen functional groups attached to an aromatic ring is 1. The highest BCUT2D eigenvalue weighted by atomic mass is 32.2. The first-order valence-electron chi connectivity index (χ1n) is 5.77. The molecule has 8 nitrogen and oxygen atoms in total. The molecule has 0 unspecified atom stereocenters. The van der Waals surface area contributed by atoms with E-state index in [4.69, 9.17) is 5.73 Å². The molecular weight excluding hydrogens is 280 g/mol. The summed E-state index contributed by atoms with van der Waals surface area (Å²) in [6.45, 7) is 0.0456. The van der Waals surface area contributed by atoms with Crippen LogP contribution < -0.4 is 10.5 Å². The number of hydrogen-bond acceptors (Lipinski definition) is 5. The fraction of sp³-hybridized carbons (Fsp3) is 0.0909. The first-order chi connectivity index (χ1) is 9.56. The Bertz CT molecular complexity index is 837. The van der Waals surface area contributed by atoms with E-state index in [1.165, 1.54) is 12.5 Å². The lowest BCUT2D eigenvalue weighted by Crippen LogP contribution is -2.23. The molecule has 0 aliphatic carbocycles. The van der Waals surface area contributed by atoms with Crippen LogP contribution in [-0.4, -0.2) is 28.6 Å². The zero-order valence-corrected chi connectivity index (χ0v) is 11.1. The molecule has 5 N–H and O–H groups in total.